The number of hydrogen-bond acceptors (Lipinski definition) is 7. The monoisotopic (exact) mass is 457 g/mol. The molecule has 170 valence electrons. The number of nitrogens with zero attached hydrogens (tertiary/aromatic N) is 6. The minimum atomic E-state index is -4.41. The third-order valence-corrected chi connectivity index (χ3v) is 4.84. The first-order valence-electron chi connectivity index (χ1n) is 9.87. The van der Waals surface area contributed by atoms with Crippen LogP contribution in [-0.4, -0.2) is 53.2 Å². The first-order chi connectivity index (χ1) is 15.9. The van der Waals surface area contributed by atoms with Crippen molar-refractivity contribution in [1.29, 1.82) is 0 Å². The molecular formula is C20H18F3N9O. The summed E-state index contributed by atoms with van der Waals surface area (Å²) in [7, 11) is 0. The van der Waals surface area contributed by atoms with E-state index < -0.39 is 17.8 Å². The van der Waals surface area contributed by atoms with Crippen LogP contribution in [0, 0.1) is 0 Å². The van der Waals surface area contributed by atoms with Crippen molar-refractivity contribution in [3.05, 3.63) is 71.0 Å². The lowest BCUT2D eigenvalue weighted by molar-refractivity contribution is -0.137. The number of halogens is 3. The van der Waals surface area contributed by atoms with Crippen LogP contribution in [0.5, 0.6) is 0 Å². The van der Waals surface area contributed by atoms with Gasteiger partial charge in [-0.1, -0.05) is 35.5 Å². The number of carbonyl (C=O) groups is 1. The van der Waals surface area contributed by atoms with Crippen molar-refractivity contribution in [1.82, 2.24) is 46.6 Å². The molecule has 4 aromatic rings. The largest absolute Gasteiger partial charge is 0.416 e. The van der Waals surface area contributed by atoms with E-state index in [1.54, 1.807) is 24.3 Å². The lowest BCUT2D eigenvalue weighted by atomic mass is 10.0. The molecule has 13 heteroatoms. The molecule has 0 radical (unpaired) electrons. The summed E-state index contributed by atoms with van der Waals surface area (Å²) in [4.78, 5) is 12.8. The molecule has 3 N–H and O–H groups in total. The second-order valence-electron chi connectivity index (χ2n) is 7.31. The van der Waals surface area contributed by atoms with E-state index in [0.717, 1.165) is 17.7 Å². The zero-order chi connectivity index (χ0) is 23.3. The fourth-order valence-electron chi connectivity index (χ4n) is 3.35. The number of alkyl halides is 3. The highest BCUT2D eigenvalue weighted by Crippen LogP contribution is 2.29. The molecule has 4 rings (SSSR count). The van der Waals surface area contributed by atoms with Crippen LogP contribution in [0.2, 0.25) is 0 Å². The van der Waals surface area contributed by atoms with Crippen molar-refractivity contribution in [2.75, 3.05) is 0 Å². The van der Waals surface area contributed by atoms with E-state index in [9.17, 15) is 18.0 Å². The Morgan fingerprint density at radius 3 is 2.36 bits per heavy atom. The van der Waals surface area contributed by atoms with E-state index in [1.165, 1.54) is 12.1 Å². The maximum Gasteiger partial charge on any atom is 0.416 e. The summed E-state index contributed by atoms with van der Waals surface area (Å²) >= 11 is 0. The Morgan fingerprint density at radius 1 is 0.939 bits per heavy atom. The minimum Gasteiger partial charge on any atom is -0.352 e. The Hall–Kier alpha value is -4.16. The summed E-state index contributed by atoms with van der Waals surface area (Å²) in [5.74, 6) is 0.529. The Balaban J connectivity index is 1.45. The zero-order valence-electron chi connectivity index (χ0n) is 17.0. The predicted molar refractivity (Wildman–Crippen MR) is 108 cm³/mol. The molecular weight excluding hydrogens is 439 g/mol. The minimum absolute atomic E-state index is 0.0848. The maximum absolute atomic E-state index is 12.8. The van der Waals surface area contributed by atoms with Gasteiger partial charge in [0.25, 0.3) is 0 Å². The van der Waals surface area contributed by atoms with Gasteiger partial charge in [0.1, 0.15) is 0 Å². The van der Waals surface area contributed by atoms with Gasteiger partial charge in [-0.05, 0) is 41.0 Å². The Morgan fingerprint density at radius 2 is 1.70 bits per heavy atom. The second kappa shape index (κ2) is 9.54. The average Bonchev–Trinajstić information content (AvgIpc) is 3.48. The number of rotatable bonds is 8. The first-order valence-corrected chi connectivity index (χ1v) is 9.87. The molecule has 0 spiro atoms. The summed E-state index contributed by atoms with van der Waals surface area (Å²) in [5.41, 5.74) is 1.35. The highest BCUT2D eigenvalue weighted by atomic mass is 19.4. The number of carbonyl (C=O) groups excluding carboxylic acids is 1. The normalized spacial score (nSPS) is 12.5. The highest BCUT2D eigenvalue weighted by Gasteiger charge is 2.30. The van der Waals surface area contributed by atoms with E-state index in [2.05, 4.69) is 46.6 Å². The van der Waals surface area contributed by atoms with Gasteiger partial charge in [0.2, 0.25) is 11.7 Å². The number of tetrazole rings is 2. The van der Waals surface area contributed by atoms with E-state index >= 15 is 0 Å². The SMILES string of the molecule is O=C(Cc1cccc(-c2nn[nH]n2)c1)N[C@@H](Cc1ccc(C(F)(F)F)cc1)Cc1nn[nH]n1. The molecule has 0 aliphatic heterocycles. The molecule has 0 saturated heterocycles. The van der Waals surface area contributed by atoms with Gasteiger partial charge in [0, 0.05) is 18.0 Å². The van der Waals surface area contributed by atoms with Crippen molar-refractivity contribution in [3.8, 4) is 11.4 Å². The summed E-state index contributed by atoms with van der Waals surface area (Å²) in [6.07, 6.45) is -3.78. The van der Waals surface area contributed by atoms with Gasteiger partial charge < -0.3 is 5.32 Å². The van der Waals surface area contributed by atoms with Gasteiger partial charge in [0.05, 0.1) is 12.0 Å². The molecule has 1 atom stereocenters. The van der Waals surface area contributed by atoms with Crippen LogP contribution in [0.1, 0.15) is 22.5 Å². The fraction of sp³-hybridized carbons (Fsp3) is 0.250. The van der Waals surface area contributed by atoms with Crippen molar-refractivity contribution in [3.63, 3.8) is 0 Å². The summed E-state index contributed by atoms with van der Waals surface area (Å²) < 4.78 is 38.5. The smallest absolute Gasteiger partial charge is 0.352 e. The van der Waals surface area contributed by atoms with Gasteiger partial charge in [-0.25, -0.2) is 0 Å². The van der Waals surface area contributed by atoms with E-state index in [0.29, 0.717) is 29.2 Å². The van der Waals surface area contributed by atoms with E-state index in [4.69, 9.17) is 0 Å². The van der Waals surface area contributed by atoms with Crippen molar-refractivity contribution < 1.29 is 18.0 Å². The summed E-state index contributed by atoms with van der Waals surface area (Å²) in [6, 6.07) is 11.6. The number of nitrogens with one attached hydrogen (secondary N) is 3. The molecule has 2 aromatic heterocycles. The maximum atomic E-state index is 12.8. The van der Waals surface area contributed by atoms with Gasteiger partial charge in [-0.3, -0.25) is 4.79 Å². The molecule has 0 aliphatic carbocycles. The van der Waals surface area contributed by atoms with Gasteiger partial charge in [0.15, 0.2) is 5.82 Å². The van der Waals surface area contributed by atoms with Crippen LogP contribution in [0.3, 0.4) is 0 Å². The van der Waals surface area contributed by atoms with Crippen LogP contribution in [0.4, 0.5) is 13.2 Å². The lowest BCUT2D eigenvalue weighted by Gasteiger charge is -2.18. The molecule has 10 nitrogen and oxygen atoms in total. The number of hydrogen-bond donors (Lipinski definition) is 3. The molecule has 1 amide bonds. The standard InChI is InChI=1S/C20H18F3N9O/c21-20(22,23)15-6-4-12(5-7-15)9-16(11-17-25-29-30-26-17)24-18(33)10-13-2-1-3-14(8-13)19-27-31-32-28-19/h1-8,16H,9-11H2,(H,24,33)(H,25,26,29,30)(H,27,28,31,32)/t16-/m0/s1. The van der Waals surface area contributed by atoms with Crippen LogP contribution in [0.25, 0.3) is 11.4 Å². The molecule has 33 heavy (non-hydrogen) atoms. The van der Waals surface area contributed by atoms with Crippen LogP contribution in [-0.2, 0) is 30.2 Å². The number of benzene rings is 2. The number of aromatic nitrogens is 8. The van der Waals surface area contributed by atoms with Crippen LogP contribution in [0.15, 0.2) is 48.5 Å². The Labute approximate surface area is 185 Å². The summed E-state index contributed by atoms with van der Waals surface area (Å²) in [6.45, 7) is 0. The molecule has 0 fully saturated rings. The third-order valence-electron chi connectivity index (χ3n) is 4.84. The Kier molecular flexibility index (Phi) is 6.38. The molecule has 0 saturated carbocycles. The van der Waals surface area contributed by atoms with Crippen molar-refractivity contribution in [2.45, 2.75) is 31.5 Å². The Bertz CT molecular complexity index is 1180. The van der Waals surface area contributed by atoms with E-state index in [-0.39, 0.29) is 18.7 Å². The quantitative estimate of drug-likeness (QED) is 0.367. The van der Waals surface area contributed by atoms with E-state index in [1.807, 2.05) is 0 Å². The molecule has 0 aliphatic rings. The zero-order valence-corrected chi connectivity index (χ0v) is 17.0. The molecule has 0 bridgehead atoms. The summed E-state index contributed by atoms with van der Waals surface area (Å²) in [5, 5.41) is 30.3. The highest BCUT2D eigenvalue weighted by molar-refractivity contribution is 5.79. The van der Waals surface area contributed by atoms with Gasteiger partial charge in [-0.2, -0.15) is 23.6 Å². The van der Waals surface area contributed by atoms with Crippen molar-refractivity contribution in [2.24, 2.45) is 0 Å². The average molecular weight is 457 g/mol. The van der Waals surface area contributed by atoms with Gasteiger partial charge in [-0.15, -0.1) is 20.4 Å². The number of aromatic amines is 2. The fourth-order valence-corrected chi connectivity index (χ4v) is 3.35. The molecule has 0 unspecified atom stereocenters. The van der Waals surface area contributed by atoms with Crippen LogP contribution >= 0.6 is 0 Å². The molecule has 2 aromatic carbocycles. The first kappa shape index (κ1) is 22.0. The number of H-pyrrole nitrogens is 2. The predicted octanol–water partition coefficient (Wildman–Crippen LogP) is 1.91. The lowest BCUT2D eigenvalue weighted by Crippen LogP contribution is -2.39. The topological polar surface area (TPSA) is 138 Å². The molecule has 2 heterocycles. The number of amides is 1. The van der Waals surface area contributed by atoms with Gasteiger partial charge >= 0.3 is 6.18 Å². The van der Waals surface area contributed by atoms with Crippen molar-refractivity contribution >= 4 is 5.91 Å². The third kappa shape index (κ3) is 5.96. The van der Waals surface area contributed by atoms with Crippen LogP contribution < -0.4 is 5.32 Å². The second-order valence-corrected chi connectivity index (χ2v) is 7.31.